The minimum Gasteiger partial charge on any atom is -0.392 e. The second-order valence-corrected chi connectivity index (χ2v) is 4.71. The minimum atomic E-state index is -0.526. The highest BCUT2D eigenvalue weighted by atomic mass is 79.9. The second kappa shape index (κ2) is 6.06. The van der Waals surface area contributed by atoms with E-state index in [9.17, 15) is 4.79 Å². The molecule has 1 aromatic rings. The van der Waals surface area contributed by atoms with Crippen LogP contribution in [0.2, 0.25) is 0 Å². The molecule has 0 aromatic carbocycles. The fourth-order valence-electron chi connectivity index (χ4n) is 1.42. The Kier molecular flexibility index (Phi) is 5.02. The summed E-state index contributed by atoms with van der Waals surface area (Å²) in [5, 5.41) is 11.8. The molecule has 1 aromatic heterocycles. The average molecular weight is 289 g/mol. The molecule has 0 fully saturated rings. The smallest absolute Gasteiger partial charge is 0.268 e. The predicted molar refractivity (Wildman–Crippen MR) is 66.4 cm³/mol. The fraction of sp³-hybridized carbons (Fsp3) is 0.545. The highest BCUT2D eigenvalue weighted by Gasteiger charge is 2.12. The zero-order valence-corrected chi connectivity index (χ0v) is 11.1. The first-order chi connectivity index (χ1) is 7.54. The molecule has 0 aliphatic heterocycles. The van der Waals surface area contributed by atoms with Crippen LogP contribution in [0.25, 0.3) is 0 Å². The zero-order chi connectivity index (χ0) is 12.1. The number of aromatic nitrogens is 1. The molecule has 5 heteroatoms. The Balaban J connectivity index is 2.73. The summed E-state index contributed by atoms with van der Waals surface area (Å²) >= 11 is 3.35. The molecule has 4 nitrogen and oxygen atoms in total. The highest BCUT2D eigenvalue weighted by molar-refractivity contribution is 9.10. The van der Waals surface area contributed by atoms with Crippen molar-refractivity contribution in [3.8, 4) is 0 Å². The maximum atomic E-state index is 11.8. The van der Waals surface area contributed by atoms with Crippen molar-refractivity contribution in [1.29, 1.82) is 0 Å². The lowest BCUT2D eigenvalue weighted by Crippen LogP contribution is -2.31. The van der Waals surface area contributed by atoms with Crippen LogP contribution in [0.1, 0.15) is 30.8 Å². The molecule has 1 atom stereocenters. The van der Waals surface area contributed by atoms with E-state index in [0.29, 0.717) is 5.69 Å². The summed E-state index contributed by atoms with van der Waals surface area (Å²) in [5.41, 5.74) is 0.620. The Morgan fingerprint density at radius 3 is 2.94 bits per heavy atom. The Hall–Kier alpha value is -0.810. The van der Waals surface area contributed by atoms with Gasteiger partial charge in [-0.15, -0.1) is 0 Å². The lowest BCUT2D eigenvalue weighted by Gasteiger charge is -2.09. The number of aliphatic hydroxyl groups excluding tert-OH is 1. The third-order valence-corrected chi connectivity index (χ3v) is 2.55. The lowest BCUT2D eigenvalue weighted by molar-refractivity contribution is 0.0914. The minimum absolute atomic E-state index is 0.153. The summed E-state index contributed by atoms with van der Waals surface area (Å²) in [6, 6.07) is 1.78. The first-order valence-corrected chi connectivity index (χ1v) is 6.15. The number of aryl methyl sites for hydroxylation is 1. The van der Waals surface area contributed by atoms with Crippen molar-refractivity contribution in [3.05, 3.63) is 22.4 Å². The maximum absolute atomic E-state index is 11.8. The van der Waals surface area contributed by atoms with E-state index < -0.39 is 6.10 Å². The van der Waals surface area contributed by atoms with E-state index in [2.05, 4.69) is 28.2 Å². The summed E-state index contributed by atoms with van der Waals surface area (Å²) in [7, 11) is 0. The number of aliphatic hydroxyl groups is 1. The van der Waals surface area contributed by atoms with E-state index in [0.717, 1.165) is 17.4 Å². The van der Waals surface area contributed by atoms with Gasteiger partial charge in [0, 0.05) is 23.8 Å². The number of nitrogens with one attached hydrogen (secondary N) is 1. The van der Waals surface area contributed by atoms with E-state index in [1.54, 1.807) is 13.0 Å². The molecule has 2 N–H and O–H groups in total. The summed E-state index contributed by atoms with van der Waals surface area (Å²) in [4.78, 5) is 11.8. The molecule has 0 bridgehead atoms. The van der Waals surface area contributed by atoms with Crippen molar-refractivity contribution >= 4 is 21.8 Å². The molecule has 16 heavy (non-hydrogen) atoms. The third-order valence-electron chi connectivity index (χ3n) is 2.12. The quantitative estimate of drug-likeness (QED) is 0.868. The standard InChI is InChI=1S/C11H17BrN2O2/c1-3-4-14-7-9(12)5-10(14)11(16)13-6-8(2)15/h5,7-8,15H,3-4,6H2,1-2H3,(H,13,16)/t8-/m1/s1. The maximum Gasteiger partial charge on any atom is 0.268 e. The zero-order valence-electron chi connectivity index (χ0n) is 9.53. The van der Waals surface area contributed by atoms with Crippen LogP contribution in [-0.2, 0) is 6.54 Å². The van der Waals surface area contributed by atoms with E-state index >= 15 is 0 Å². The van der Waals surface area contributed by atoms with Gasteiger partial charge in [-0.05, 0) is 35.3 Å². The van der Waals surface area contributed by atoms with Crippen molar-refractivity contribution in [2.45, 2.75) is 32.9 Å². The van der Waals surface area contributed by atoms with Crippen LogP contribution in [0.5, 0.6) is 0 Å². The second-order valence-electron chi connectivity index (χ2n) is 3.80. The SMILES string of the molecule is CCCn1cc(Br)cc1C(=O)NC[C@@H](C)O. The molecular formula is C11H17BrN2O2. The number of carbonyl (C=O) groups is 1. The molecule has 0 radical (unpaired) electrons. The Bertz CT molecular complexity index is 361. The summed E-state index contributed by atoms with van der Waals surface area (Å²) < 4.78 is 2.80. The lowest BCUT2D eigenvalue weighted by atomic mass is 10.3. The number of carbonyl (C=O) groups excluding carboxylic acids is 1. The van der Waals surface area contributed by atoms with Crippen LogP contribution in [0.15, 0.2) is 16.7 Å². The molecule has 0 unspecified atom stereocenters. The Morgan fingerprint density at radius 1 is 1.69 bits per heavy atom. The largest absolute Gasteiger partial charge is 0.392 e. The van der Waals surface area contributed by atoms with Gasteiger partial charge in [0.15, 0.2) is 0 Å². The normalized spacial score (nSPS) is 12.5. The summed E-state index contributed by atoms with van der Waals surface area (Å²) in [6.45, 7) is 4.78. The van der Waals surface area contributed by atoms with Crippen molar-refractivity contribution < 1.29 is 9.90 Å². The van der Waals surface area contributed by atoms with Crippen molar-refractivity contribution in [2.24, 2.45) is 0 Å². The predicted octanol–water partition coefficient (Wildman–Crippen LogP) is 1.77. The van der Waals surface area contributed by atoms with Crippen LogP contribution >= 0.6 is 15.9 Å². The summed E-state index contributed by atoms with van der Waals surface area (Å²) in [5.74, 6) is -0.153. The van der Waals surface area contributed by atoms with Crippen LogP contribution in [0.4, 0.5) is 0 Å². The third kappa shape index (κ3) is 3.64. The van der Waals surface area contributed by atoms with Crippen LogP contribution in [0, 0.1) is 0 Å². The Labute approximate surface area is 104 Å². The first-order valence-electron chi connectivity index (χ1n) is 5.36. The van der Waals surface area contributed by atoms with Crippen LogP contribution in [0.3, 0.4) is 0 Å². The molecule has 0 aliphatic carbocycles. The van der Waals surface area contributed by atoms with E-state index in [4.69, 9.17) is 5.11 Å². The molecule has 0 saturated heterocycles. The van der Waals surface area contributed by atoms with Crippen molar-refractivity contribution in [3.63, 3.8) is 0 Å². The van der Waals surface area contributed by atoms with E-state index in [-0.39, 0.29) is 12.5 Å². The first kappa shape index (κ1) is 13.3. The van der Waals surface area contributed by atoms with Crippen molar-refractivity contribution in [2.75, 3.05) is 6.54 Å². The van der Waals surface area contributed by atoms with Gasteiger partial charge in [-0.2, -0.15) is 0 Å². The van der Waals surface area contributed by atoms with Crippen LogP contribution in [-0.4, -0.2) is 28.2 Å². The highest BCUT2D eigenvalue weighted by Crippen LogP contribution is 2.15. The van der Waals surface area contributed by atoms with Gasteiger partial charge in [0.2, 0.25) is 0 Å². The molecule has 0 spiro atoms. The molecule has 1 heterocycles. The topological polar surface area (TPSA) is 54.3 Å². The molecule has 0 saturated carbocycles. The average Bonchev–Trinajstić information content (AvgIpc) is 2.56. The molecule has 90 valence electrons. The van der Waals surface area contributed by atoms with Crippen molar-refractivity contribution in [1.82, 2.24) is 9.88 Å². The van der Waals surface area contributed by atoms with Crippen LogP contribution < -0.4 is 5.32 Å². The number of halogens is 1. The molecule has 1 rings (SSSR count). The van der Waals surface area contributed by atoms with Gasteiger partial charge in [0.05, 0.1) is 6.10 Å². The number of hydrogen-bond acceptors (Lipinski definition) is 2. The number of hydrogen-bond donors (Lipinski definition) is 2. The molecule has 0 aliphatic rings. The van der Waals surface area contributed by atoms with Gasteiger partial charge < -0.3 is 15.0 Å². The van der Waals surface area contributed by atoms with Gasteiger partial charge >= 0.3 is 0 Å². The number of amides is 1. The molecular weight excluding hydrogens is 272 g/mol. The van der Waals surface area contributed by atoms with Gasteiger partial charge in [-0.25, -0.2) is 0 Å². The monoisotopic (exact) mass is 288 g/mol. The van der Waals surface area contributed by atoms with Gasteiger partial charge in [-0.3, -0.25) is 4.79 Å². The Morgan fingerprint density at radius 2 is 2.38 bits per heavy atom. The molecule has 1 amide bonds. The fourth-order valence-corrected chi connectivity index (χ4v) is 1.89. The van der Waals surface area contributed by atoms with E-state index in [1.165, 1.54) is 0 Å². The van der Waals surface area contributed by atoms with E-state index in [1.807, 2.05) is 10.8 Å². The van der Waals surface area contributed by atoms with Gasteiger partial charge in [0.1, 0.15) is 5.69 Å². The van der Waals surface area contributed by atoms with Gasteiger partial charge in [-0.1, -0.05) is 6.92 Å². The number of rotatable bonds is 5. The van der Waals surface area contributed by atoms with Gasteiger partial charge in [0.25, 0.3) is 5.91 Å². The number of nitrogens with zero attached hydrogens (tertiary/aromatic N) is 1. The summed E-state index contributed by atoms with van der Waals surface area (Å²) in [6.07, 6.45) is 2.33.